The lowest BCUT2D eigenvalue weighted by Gasteiger charge is -2.34. The first kappa shape index (κ1) is 31.9. The van der Waals surface area contributed by atoms with Crippen LogP contribution in [0.1, 0.15) is 84.4 Å². The fourth-order valence-electron chi connectivity index (χ4n) is 5.43. The summed E-state index contributed by atoms with van der Waals surface area (Å²) >= 11 is 0. The second-order valence-corrected chi connectivity index (χ2v) is 12.0. The molecular weight excluding hydrogens is 550 g/mol. The number of morpholine rings is 1. The van der Waals surface area contributed by atoms with E-state index in [1.165, 1.54) is 6.20 Å². The first-order valence-electron chi connectivity index (χ1n) is 14.9. The highest BCUT2D eigenvalue weighted by Crippen LogP contribution is 2.31. The number of nitrogens with one attached hydrogen (secondary N) is 2. The van der Waals surface area contributed by atoms with E-state index < -0.39 is 17.6 Å². The molecule has 2 heterocycles. The van der Waals surface area contributed by atoms with Crippen molar-refractivity contribution < 1.29 is 33.7 Å². The Kier molecular flexibility index (Phi) is 10.3. The standard InChI is InChI=1S/C33H43N3O7/c1-6-42-29-16-23(31(39)36-25-11-12-26(36)20-41-19-25)10-14-28(29)30(38)34-18-27(37)13-9-22-15-21(2)7-8-24(22)17-35-32(40)43-33(3,4)5/h7-8,10,14-16,18,25-26,37H,6,9,11-13,17,19-20H2,1-5H3,(H,34,38)(H,35,40)/b27-18-. The summed E-state index contributed by atoms with van der Waals surface area (Å²) in [6, 6.07) is 10.9. The Bertz CT molecular complexity index is 1350. The zero-order valence-electron chi connectivity index (χ0n) is 25.7. The minimum atomic E-state index is -0.591. The number of aliphatic hydroxyl groups is 1. The van der Waals surface area contributed by atoms with Crippen molar-refractivity contribution in [3.05, 3.63) is 76.2 Å². The van der Waals surface area contributed by atoms with E-state index in [2.05, 4.69) is 10.6 Å². The third-order valence-corrected chi connectivity index (χ3v) is 7.45. The van der Waals surface area contributed by atoms with Gasteiger partial charge in [-0.05, 0) is 83.2 Å². The van der Waals surface area contributed by atoms with Crippen LogP contribution in [0, 0.1) is 6.92 Å². The van der Waals surface area contributed by atoms with Gasteiger partial charge in [-0.15, -0.1) is 0 Å². The van der Waals surface area contributed by atoms with Gasteiger partial charge in [0.2, 0.25) is 0 Å². The summed E-state index contributed by atoms with van der Waals surface area (Å²) in [5, 5.41) is 16.0. The minimum absolute atomic E-state index is 0.00606. The summed E-state index contributed by atoms with van der Waals surface area (Å²) in [7, 11) is 0. The quantitative estimate of drug-likeness (QED) is 0.324. The maximum Gasteiger partial charge on any atom is 0.407 e. The molecule has 2 aromatic carbocycles. The number of aliphatic hydroxyl groups excluding tert-OH is 1. The van der Waals surface area contributed by atoms with E-state index in [9.17, 15) is 19.5 Å². The molecule has 0 spiro atoms. The van der Waals surface area contributed by atoms with Gasteiger partial charge in [-0.25, -0.2) is 4.79 Å². The molecule has 3 N–H and O–H groups in total. The maximum absolute atomic E-state index is 13.3. The lowest BCUT2D eigenvalue weighted by atomic mass is 10.00. The van der Waals surface area contributed by atoms with Gasteiger partial charge in [0.1, 0.15) is 17.1 Å². The van der Waals surface area contributed by atoms with Crippen molar-refractivity contribution in [2.75, 3.05) is 19.8 Å². The average Bonchev–Trinajstić information content (AvgIpc) is 3.20. The minimum Gasteiger partial charge on any atom is -0.511 e. The van der Waals surface area contributed by atoms with Crippen LogP contribution < -0.4 is 15.4 Å². The lowest BCUT2D eigenvalue weighted by molar-refractivity contribution is -0.00718. The van der Waals surface area contributed by atoms with Gasteiger partial charge in [0.25, 0.3) is 11.8 Å². The van der Waals surface area contributed by atoms with Gasteiger partial charge in [-0.1, -0.05) is 23.8 Å². The van der Waals surface area contributed by atoms with Crippen LogP contribution in [0.4, 0.5) is 4.79 Å². The third kappa shape index (κ3) is 8.50. The highest BCUT2D eigenvalue weighted by Gasteiger charge is 2.40. The summed E-state index contributed by atoms with van der Waals surface area (Å²) in [5.74, 6) is -0.244. The second-order valence-electron chi connectivity index (χ2n) is 12.0. The second kappa shape index (κ2) is 13.9. The summed E-state index contributed by atoms with van der Waals surface area (Å²) in [6.45, 7) is 10.9. The molecule has 0 aliphatic carbocycles. The summed E-state index contributed by atoms with van der Waals surface area (Å²) in [6.07, 6.45) is 3.41. The molecule has 232 valence electrons. The van der Waals surface area contributed by atoms with E-state index in [-0.39, 0.29) is 42.3 Å². The van der Waals surface area contributed by atoms with Gasteiger partial charge in [-0.2, -0.15) is 0 Å². The average molecular weight is 594 g/mol. The molecule has 2 bridgehead atoms. The highest BCUT2D eigenvalue weighted by molar-refractivity contribution is 6.01. The number of ether oxygens (including phenoxy) is 3. The van der Waals surface area contributed by atoms with Gasteiger partial charge in [-0.3, -0.25) is 9.59 Å². The van der Waals surface area contributed by atoms with Gasteiger partial charge >= 0.3 is 6.09 Å². The van der Waals surface area contributed by atoms with Crippen molar-refractivity contribution >= 4 is 17.9 Å². The van der Waals surface area contributed by atoms with Crippen molar-refractivity contribution in [2.24, 2.45) is 0 Å². The number of rotatable bonds is 10. The van der Waals surface area contributed by atoms with Crippen molar-refractivity contribution in [3.63, 3.8) is 0 Å². The first-order valence-corrected chi connectivity index (χ1v) is 14.9. The van der Waals surface area contributed by atoms with E-state index >= 15 is 0 Å². The Labute approximate surface area is 253 Å². The van der Waals surface area contributed by atoms with Crippen LogP contribution in [0.25, 0.3) is 0 Å². The van der Waals surface area contributed by atoms with Gasteiger partial charge in [0.15, 0.2) is 0 Å². The van der Waals surface area contributed by atoms with Gasteiger partial charge in [0, 0.05) is 24.7 Å². The molecule has 3 amide bonds. The number of alkyl carbamates (subject to hydrolysis) is 1. The SMILES string of the molecule is CCOc1cc(C(=O)N2C3CCC2COC3)ccc1C(=O)N/C=C(\O)CCc1cc(C)ccc1CNC(=O)OC(C)(C)C. The number of allylic oxidation sites excluding steroid dienone is 1. The van der Waals surface area contributed by atoms with Crippen LogP contribution in [0.5, 0.6) is 5.75 Å². The molecule has 2 aliphatic heterocycles. The van der Waals surface area contributed by atoms with Crippen molar-refractivity contribution in [1.29, 1.82) is 0 Å². The van der Waals surface area contributed by atoms with Crippen LogP contribution in [0.15, 0.2) is 48.4 Å². The Morgan fingerprint density at radius 2 is 1.79 bits per heavy atom. The van der Waals surface area contributed by atoms with E-state index in [0.29, 0.717) is 37.6 Å². The van der Waals surface area contributed by atoms with Crippen molar-refractivity contribution in [2.45, 2.75) is 84.5 Å². The number of hydrogen-bond acceptors (Lipinski definition) is 7. The Balaban J connectivity index is 1.38. The highest BCUT2D eigenvalue weighted by atomic mass is 16.6. The summed E-state index contributed by atoms with van der Waals surface area (Å²) in [4.78, 5) is 40.4. The van der Waals surface area contributed by atoms with E-state index in [1.807, 2.05) is 36.9 Å². The molecule has 2 unspecified atom stereocenters. The smallest absolute Gasteiger partial charge is 0.407 e. The molecule has 2 aromatic rings. The molecule has 4 rings (SSSR count). The summed E-state index contributed by atoms with van der Waals surface area (Å²) < 4.78 is 16.7. The predicted octanol–water partition coefficient (Wildman–Crippen LogP) is 5.18. The number of aryl methyl sites for hydroxylation is 2. The molecule has 0 radical (unpaired) electrons. The predicted molar refractivity (Wildman–Crippen MR) is 162 cm³/mol. The molecule has 2 aliphatic rings. The van der Waals surface area contributed by atoms with Gasteiger partial charge < -0.3 is 34.9 Å². The zero-order chi connectivity index (χ0) is 31.1. The number of fused-ring (bicyclic) bond motifs is 2. The van der Waals surface area contributed by atoms with E-state index in [4.69, 9.17) is 14.2 Å². The van der Waals surface area contributed by atoms with Crippen LogP contribution in [0.2, 0.25) is 0 Å². The Morgan fingerprint density at radius 1 is 1.07 bits per heavy atom. The molecular formula is C33H43N3O7. The van der Waals surface area contributed by atoms with E-state index in [1.54, 1.807) is 39.0 Å². The number of amides is 3. The largest absolute Gasteiger partial charge is 0.511 e. The van der Waals surface area contributed by atoms with E-state index in [0.717, 1.165) is 29.5 Å². The van der Waals surface area contributed by atoms with Crippen LogP contribution in [0.3, 0.4) is 0 Å². The maximum atomic E-state index is 13.3. The normalized spacial score (nSPS) is 18.3. The number of benzene rings is 2. The number of hydrogen-bond donors (Lipinski definition) is 3. The van der Waals surface area contributed by atoms with Gasteiger partial charge in [0.05, 0.1) is 37.5 Å². The third-order valence-electron chi connectivity index (χ3n) is 7.45. The number of carbonyl (C=O) groups is 3. The molecule has 2 fully saturated rings. The summed E-state index contributed by atoms with van der Waals surface area (Å²) in [5.41, 5.74) is 3.07. The molecule has 0 saturated carbocycles. The molecule has 2 atom stereocenters. The topological polar surface area (TPSA) is 126 Å². The first-order chi connectivity index (χ1) is 20.4. The monoisotopic (exact) mass is 593 g/mol. The van der Waals surface area contributed by atoms with Crippen molar-refractivity contribution in [1.82, 2.24) is 15.5 Å². The Hall–Kier alpha value is -4.05. The van der Waals surface area contributed by atoms with Crippen LogP contribution in [-0.4, -0.2) is 65.4 Å². The lowest BCUT2D eigenvalue weighted by Crippen LogP contribution is -2.49. The fourth-order valence-corrected chi connectivity index (χ4v) is 5.43. The molecule has 10 nitrogen and oxygen atoms in total. The van der Waals surface area contributed by atoms with Crippen LogP contribution in [-0.2, 0) is 22.4 Å². The molecule has 0 aromatic heterocycles. The molecule has 10 heteroatoms. The Morgan fingerprint density at radius 3 is 2.47 bits per heavy atom. The number of carbonyl (C=O) groups excluding carboxylic acids is 3. The zero-order valence-corrected chi connectivity index (χ0v) is 25.7. The van der Waals surface area contributed by atoms with Crippen molar-refractivity contribution in [3.8, 4) is 5.75 Å². The number of nitrogens with zero attached hydrogens (tertiary/aromatic N) is 1. The fraction of sp³-hybridized carbons (Fsp3) is 0.485. The molecule has 2 saturated heterocycles. The molecule has 43 heavy (non-hydrogen) atoms. The van der Waals surface area contributed by atoms with Crippen LogP contribution >= 0.6 is 0 Å².